The monoisotopic (exact) mass is 400 g/mol. The lowest BCUT2D eigenvalue weighted by Gasteiger charge is -2.18. The zero-order valence-corrected chi connectivity index (χ0v) is 15.5. The van der Waals surface area contributed by atoms with Gasteiger partial charge in [-0.3, -0.25) is 9.52 Å². The quantitative estimate of drug-likeness (QED) is 0.583. The van der Waals surface area contributed by atoms with Crippen molar-refractivity contribution in [2.24, 2.45) is 11.5 Å². The van der Waals surface area contributed by atoms with E-state index < -0.39 is 21.2 Å². The standard InChI is InChI=1S/C15H17ClN4O3S2/c1-2-13(10-4-3-5-12(16)11(10)7-17)25(22,23)20-15-19-8-9(24-15)6-14(18)21/h2-5,8,13H,1,6-7,17H2,(H2,18,21)(H,19,20). The molecule has 134 valence electrons. The number of hydrogen-bond acceptors (Lipinski definition) is 6. The van der Waals surface area contributed by atoms with Crippen molar-refractivity contribution in [1.82, 2.24) is 4.98 Å². The molecule has 1 aromatic heterocycles. The summed E-state index contributed by atoms with van der Waals surface area (Å²) in [7, 11) is -3.89. The van der Waals surface area contributed by atoms with E-state index in [-0.39, 0.29) is 18.1 Å². The van der Waals surface area contributed by atoms with Crippen molar-refractivity contribution < 1.29 is 13.2 Å². The van der Waals surface area contributed by atoms with Crippen molar-refractivity contribution in [2.45, 2.75) is 18.2 Å². The molecule has 0 fully saturated rings. The summed E-state index contributed by atoms with van der Waals surface area (Å²) in [6.07, 6.45) is 2.70. The van der Waals surface area contributed by atoms with E-state index in [0.29, 0.717) is 21.0 Å². The molecule has 0 bridgehead atoms. The number of carbonyl (C=O) groups excluding carboxylic acids is 1. The van der Waals surface area contributed by atoms with Gasteiger partial charge in [0, 0.05) is 22.6 Å². The van der Waals surface area contributed by atoms with Crippen molar-refractivity contribution in [3.8, 4) is 0 Å². The second-order valence-corrected chi connectivity index (χ2v) is 8.41. The lowest BCUT2D eigenvalue weighted by molar-refractivity contribution is -0.117. The van der Waals surface area contributed by atoms with E-state index >= 15 is 0 Å². The van der Waals surface area contributed by atoms with Crippen molar-refractivity contribution in [3.63, 3.8) is 0 Å². The number of primary amides is 1. The third kappa shape index (κ3) is 4.57. The first kappa shape index (κ1) is 19.4. The van der Waals surface area contributed by atoms with Crippen LogP contribution in [0, 0.1) is 0 Å². The van der Waals surface area contributed by atoms with Gasteiger partial charge in [-0.15, -0.1) is 17.9 Å². The van der Waals surface area contributed by atoms with Crippen LogP contribution in [0.5, 0.6) is 0 Å². The van der Waals surface area contributed by atoms with E-state index in [1.165, 1.54) is 12.3 Å². The molecule has 2 rings (SSSR count). The third-order valence-corrected chi connectivity index (χ3v) is 6.33. The van der Waals surface area contributed by atoms with Crippen LogP contribution in [0.3, 0.4) is 0 Å². The summed E-state index contributed by atoms with van der Waals surface area (Å²) in [4.78, 5) is 15.5. The van der Waals surface area contributed by atoms with E-state index in [9.17, 15) is 13.2 Å². The number of sulfonamides is 1. The normalized spacial score (nSPS) is 12.6. The minimum Gasteiger partial charge on any atom is -0.369 e. The Hall–Kier alpha value is -1.94. The topological polar surface area (TPSA) is 128 Å². The van der Waals surface area contributed by atoms with Gasteiger partial charge in [-0.25, -0.2) is 13.4 Å². The lowest BCUT2D eigenvalue weighted by Crippen LogP contribution is -2.21. The average molecular weight is 401 g/mol. The van der Waals surface area contributed by atoms with Crippen LogP contribution in [-0.4, -0.2) is 19.3 Å². The molecule has 2 aromatic rings. The van der Waals surface area contributed by atoms with Gasteiger partial charge in [0.1, 0.15) is 5.25 Å². The highest BCUT2D eigenvalue weighted by molar-refractivity contribution is 7.93. The molecule has 10 heteroatoms. The summed E-state index contributed by atoms with van der Waals surface area (Å²) < 4.78 is 27.9. The van der Waals surface area contributed by atoms with Gasteiger partial charge in [-0.05, 0) is 17.2 Å². The summed E-state index contributed by atoms with van der Waals surface area (Å²) in [5.41, 5.74) is 11.8. The summed E-state index contributed by atoms with van der Waals surface area (Å²) >= 11 is 7.15. The van der Waals surface area contributed by atoms with Crippen LogP contribution in [0.15, 0.2) is 37.1 Å². The molecule has 0 saturated heterocycles. The van der Waals surface area contributed by atoms with E-state index in [1.54, 1.807) is 18.2 Å². The fraction of sp³-hybridized carbons (Fsp3) is 0.200. The number of carbonyl (C=O) groups is 1. The molecule has 0 aliphatic rings. The second kappa shape index (κ2) is 7.96. The van der Waals surface area contributed by atoms with Gasteiger partial charge in [0.15, 0.2) is 5.13 Å². The fourth-order valence-corrected chi connectivity index (χ4v) is 4.95. The Morgan fingerprint density at radius 3 is 2.80 bits per heavy atom. The number of rotatable bonds is 8. The first-order valence-corrected chi connectivity index (χ1v) is 9.87. The number of hydrogen-bond donors (Lipinski definition) is 3. The number of nitrogens with two attached hydrogens (primary N) is 2. The van der Waals surface area contributed by atoms with E-state index in [0.717, 1.165) is 11.3 Å². The molecule has 1 aromatic carbocycles. The maximum atomic E-state index is 12.8. The second-order valence-electron chi connectivity index (χ2n) is 5.09. The average Bonchev–Trinajstić information content (AvgIpc) is 2.93. The number of thiazole rings is 1. The highest BCUT2D eigenvalue weighted by atomic mass is 35.5. The van der Waals surface area contributed by atoms with Gasteiger partial charge in [0.2, 0.25) is 15.9 Å². The van der Waals surface area contributed by atoms with Gasteiger partial charge >= 0.3 is 0 Å². The molecule has 0 spiro atoms. The van der Waals surface area contributed by atoms with E-state index in [2.05, 4.69) is 16.3 Å². The van der Waals surface area contributed by atoms with Crippen molar-refractivity contribution >= 4 is 44.0 Å². The molecule has 1 atom stereocenters. The van der Waals surface area contributed by atoms with Crippen LogP contribution in [0.2, 0.25) is 5.02 Å². The maximum absolute atomic E-state index is 12.8. The number of nitrogens with zero attached hydrogens (tertiary/aromatic N) is 1. The first-order valence-electron chi connectivity index (χ1n) is 7.13. The summed E-state index contributed by atoms with van der Waals surface area (Å²) in [5.74, 6) is -0.520. The number of benzene rings is 1. The Kier molecular flexibility index (Phi) is 6.17. The van der Waals surface area contributed by atoms with Crippen LogP contribution in [0.25, 0.3) is 0 Å². The molecule has 1 unspecified atom stereocenters. The predicted molar refractivity (Wildman–Crippen MR) is 99.8 cm³/mol. The minimum atomic E-state index is -3.89. The van der Waals surface area contributed by atoms with Crippen molar-refractivity contribution in [1.29, 1.82) is 0 Å². The van der Waals surface area contributed by atoms with Gasteiger partial charge in [-0.2, -0.15) is 0 Å². The maximum Gasteiger partial charge on any atom is 0.245 e. The SMILES string of the molecule is C=CC(c1cccc(Cl)c1CN)S(=O)(=O)Nc1ncc(CC(N)=O)s1. The molecule has 25 heavy (non-hydrogen) atoms. The van der Waals surface area contributed by atoms with Crippen molar-refractivity contribution in [3.05, 3.63) is 58.1 Å². The van der Waals surface area contributed by atoms with Gasteiger partial charge in [0.25, 0.3) is 0 Å². The lowest BCUT2D eigenvalue weighted by atomic mass is 10.0. The Morgan fingerprint density at radius 1 is 1.48 bits per heavy atom. The highest BCUT2D eigenvalue weighted by Crippen LogP contribution is 2.32. The first-order chi connectivity index (χ1) is 11.8. The third-order valence-electron chi connectivity index (χ3n) is 3.35. The summed E-state index contributed by atoms with van der Waals surface area (Å²) in [6, 6.07) is 4.93. The minimum absolute atomic E-state index is 0.00407. The van der Waals surface area contributed by atoms with Gasteiger partial charge < -0.3 is 11.5 Å². The largest absolute Gasteiger partial charge is 0.369 e. The van der Waals surface area contributed by atoms with Crippen LogP contribution >= 0.6 is 22.9 Å². The molecule has 1 amide bonds. The number of halogens is 1. The summed E-state index contributed by atoms with van der Waals surface area (Å²) in [5, 5.41) is -0.535. The zero-order valence-electron chi connectivity index (χ0n) is 13.1. The molecular formula is C15H17ClN4O3S2. The summed E-state index contributed by atoms with van der Waals surface area (Å²) in [6.45, 7) is 3.71. The Balaban J connectivity index is 2.33. The molecule has 0 aliphatic carbocycles. The predicted octanol–water partition coefficient (Wildman–Crippen LogP) is 1.95. The Bertz CT molecular complexity index is 896. The van der Waals surface area contributed by atoms with Crippen LogP contribution in [0.4, 0.5) is 5.13 Å². The molecule has 0 aliphatic heterocycles. The molecule has 7 nitrogen and oxygen atoms in total. The Morgan fingerprint density at radius 2 is 2.20 bits per heavy atom. The molecule has 0 saturated carbocycles. The molecular weight excluding hydrogens is 384 g/mol. The zero-order chi connectivity index (χ0) is 18.6. The molecule has 5 N–H and O–H groups in total. The number of amides is 1. The smallest absolute Gasteiger partial charge is 0.245 e. The number of anilines is 1. The molecule has 0 radical (unpaired) electrons. The van der Waals surface area contributed by atoms with E-state index in [1.807, 2.05) is 0 Å². The van der Waals surface area contributed by atoms with Gasteiger partial charge in [0.05, 0.1) is 6.42 Å². The van der Waals surface area contributed by atoms with E-state index in [4.69, 9.17) is 23.1 Å². The van der Waals surface area contributed by atoms with Gasteiger partial charge in [-0.1, -0.05) is 29.8 Å². The number of aromatic nitrogens is 1. The highest BCUT2D eigenvalue weighted by Gasteiger charge is 2.28. The van der Waals surface area contributed by atoms with Crippen LogP contribution in [-0.2, 0) is 27.8 Å². The fourth-order valence-electron chi connectivity index (χ4n) is 2.27. The van der Waals surface area contributed by atoms with Crippen LogP contribution < -0.4 is 16.2 Å². The molecule has 1 heterocycles. The number of nitrogens with one attached hydrogen (secondary N) is 1. The van der Waals surface area contributed by atoms with Crippen LogP contribution in [0.1, 0.15) is 21.3 Å². The van der Waals surface area contributed by atoms with Crippen molar-refractivity contribution in [2.75, 3.05) is 4.72 Å². The Labute approximate surface area is 154 Å².